The number of amides is 1. The molecule has 122 valence electrons. The van der Waals surface area contributed by atoms with E-state index in [2.05, 4.69) is 15.4 Å². The van der Waals surface area contributed by atoms with Crippen molar-refractivity contribution in [3.05, 3.63) is 17.5 Å². The third-order valence-corrected chi connectivity index (χ3v) is 4.25. The Bertz CT molecular complexity index is 517. The fourth-order valence-electron chi connectivity index (χ4n) is 2.93. The molecule has 5 nitrogen and oxygen atoms in total. The van der Waals surface area contributed by atoms with E-state index in [0.717, 1.165) is 30.8 Å². The molecule has 1 aromatic rings. The number of aromatic nitrogens is 1. The van der Waals surface area contributed by atoms with Gasteiger partial charge in [-0.3, -0.25) is 9.69 Å². The summed E-state index contributed by atoms with van der Waals surface area (Å²) in [6.07, 6.45) is 1.48. The lowest BCUT2D eigenvalue weighted by Gasteiger charge is -2.31. The van der Waals surface area contributed by atoms with Gasteiger partial charge in [-0.05, 0) is 32.2 Å². The van der Waals surface area contributed by atoms with Crippen molar-refractivity contribution < 1.29 is 18.1 Å². The number of rotatable bonds is 6. The quantitative estimate of drug-likeness (QED) is 0.874. The first-order valence-electron chi connectivity index (χ1n) is 7.85. The number of carbonyl (C=O) groups excluding carboxylic acids is 1. The van der Waals surface area contributed by atoms with Crippen LogP contribution in [0.4, 0.5) is 8.78 Å². The Kier molecular flexibility index (Phi) is 4.71. The summed E-state index contributed by atoms with van der Waals surface area (Å²) in [5.74, 6) is 1.000. The minimum atomic E-state index is -2.50. The van der Waals surface area contributed by atoms with Gasteiger partial charge in [-0.25, -0.2) is 8.78 Å². The van der Waals surface area contributed by atoms with E-state index in [4.69, 9.17) is 4.52 Å². The van der Waals surface area contributed by atoms with Crippen molar-refractivity contribution in [2.75, 3.05) is 19.6 Å². The average molecular weight is 313 g/mol. The number of nitrogens with zero attached hydrogens (tertiary/aromatic N) is 2. The second-order valence-corrected chi connectivity index (χ2v) is 6.21. The molecular formula is C15H21F2N3O2. The van der Waals surface area contributed by atoms with Crippen molar-refractivity contribution in [1.29, 1.82) is 0 Å². The van der Waals surface area contributed by atoms with Crippen LogP contribution < -0.4 is 5.32 Å². The summed E-state index contributed by atoms with van der Waals surface area (Å²) >= 11 is 0. The van der Waals surface area contributed by atoms with Gasteiger partial charge in [0.25, 0.3) is 6.43 Å². The predicted octanol–water partition coefficient (Wildman–Crippen LogP) is 2.15. The molecule has 0 radical (unpaired) electrons. The van der Waals surface area contributed by atoms with E-state index in [1.165, 1.54) is 12.8 Å². The van der Waals surface area contributed by atoms with Crippen molar-refractivity contribution in [3.63, 3.8) is 0 Å². The minimum absolute atomic E-state index is 0.220. The molecular weight excluding hydrogens is 292 g/mol. The summed E-state index contributed by atoms with van der Waals surface area (Å²) in [7, 11) is 0. The van der Waals surface area contributed by atoms with Gasteiger partial charge in [-0.15, -0.1) is 0 Å². The van der Waals surface area contributed by atoms with Gasteiger partial charge in [-0.2, -0.15) is 0 Å². The Hall–Kier alpha value is -1.50. The van der Waals surface area contributed by atoms with E-state index in [1.54, 1.807) is 0 Å². The van der Waals surface area contributed by atoms with E-state index < -0.39 is 13.0 Å². The van der Waals surface area contributed by atoms with E-state index in [0.29, 0.717) is 19.0 Å². The first-order chi connectivity index (χ1) is 10.6. The second kappa shape index (κ2) is 6.73. The highest BCUT2D eigenvalue weighted by molar-refractivity contribution is 5.78. The largest absolute Gasteiger partial charge is 0.361 e. The number of hydrogen-bond donors (Lipinski definition) is 1. The van der Waals surface area contributed by atoms with Gasteiger partial charge in [0.1, 0.15) is 5.76 Å². The summed E-state index contributed by atoms with van der Waals surface area (Å²) in [4.78, 5) is 14.0. The normalized spacial score (nSPS) is 23.0. The number of halogens is 2. The predicted molar refractivity (Wildman–Crippen MR) is 75.5 cm³/mol. The summed E-state index contributed by atoms with van der Waals surface area (Å²) in [6.45, 7) is 1.56. The standard InChI is InChI=1S/C15H21F2N3O2/c16-14(17)7-18-15(21)11-2-1-5-20(8-11)9-12-6-13(22-19-12)10-3-4-10/h6,10-11,14H,1-5,7-9H2,(H,18,21). The molecule has 1 amide bonds. The molecule has 1 aromatic heterocycles. The van der Waals surface area contributed by atoms with Crippen molar-refractivity contribution in [2.45, 2.75) is 44.6 Å². The van der Waals surface area contributed by atoms with Crippen LogP contribution in [0.25, 0.3) is 0 Å². The number of hydrogen-bond acceptors (Lipinski definition) is 4. The summed E-state index contributed by atoms with van der Waals surface area (Å²) in [6, 6.07) is 2.00. The molecule has 22 heavy (non-hydrogen) atoms. The summed E-state index contributed by atoms with van der Waals surface area (Å²) < 4.78 is 29.6. The van der Waals surface area contributed by atoms with Gasteiger partial charge in [0.05, 0.1) is 18.2 Å². The van der Waals surface area contributed by atoms with Crippen LogP contribution in [0.15, 0.2) is 10.6 Å². The summed E-state index contributed by atoms with van der Waals surface area (Å²) in [5.41, 5.74) is 0.885. The van der Waals surface area contributed by atoms with Gasteiger partial charge in [0.15, 0.2) is 0 Å². The molecule has 3 rings (SSSR count). The SMILES string of the molecule is O=C(NCC(F)F)C1CCCN(Cc2cc(C3CC3)on2)C1. The molecule has 2 fully saturated rings. The molecule has 0 aromatic carbocycles. The molecule has 1 aliphatic heterocycles. The van der Waals surface area contributed by atoms with Gasteiger partial charge in [0.2, 0.25) is 5.91 Å². The van der Waals surface area contributed by atoms with Crippen LogP contribution in [0.5, 0.6) is 0 Å². The fourth-order valence-corrected chi connectivity index (χ4v) is 2.93. The zero-order valence-corrected chi connectivity index (χ0v) is 12.4. The molecule has 1 aliphatic carbocycles. The highest BCUT2D eigenvalue weighted by atomic mass is 19.3. The summed E-state index contributed by atoms with van der Waals surface area (Å²) in [5, 5.41) is 6.40. The average Bonchev–Trinajstić information content (AvgIpc) is 3.25. The van der Waals surface area contributed by atoms with Crippen LogP contribution in [-0.2, 0) is 11.3 Å². The van der Waals surface area contributed by atoms with Crippen molar-refractivity contribution >= 4 is 5.91 Å². The lowest BCUT2D eigenvalue weighted by Crippen LogP contribution is -2.43. The Balaban J connectivity index is 1.50. The van der Waals surface area contributed by atoms with Gasteiger partial charge in [0, 0.05) is 25.1 Å². The number of likely N-dealkylation sites (tertiary alicyclic amines) is 1. The van der Waals surface area contributed by atoms with Crippen LogP contribution >= 0.6 is 0 Å². The number of piperidine rings is 1. The highest BCUT2D eigenvalue weighted by Crippen LogP contribution is 2.40. The molecule has 0 bridgehead atoms. The lowest BCUT2D eigenvalue weighted by molar-refractivity contribution is -0.127. The number of carbonyl (C=O) groups is 1. The minimum Gasteiger partial charge on any atom is -0.361 e. The topological polar surface area (TPSA) is 58.4 Å². The van der Waals surface area contributed by atoms with E-state index >= 15 is 0 Å². The van der Waals surface area contributed by atoms with Crippen LogP contribution in [0.2, 0.25) is 0 Å². The fraction of sp³-hybridized carbons (Fsp3) is 0.733. The van der Waals surface area contributed by atoms with Crippen LogP contribution in [0.1, 0.15) is 43.1 Å². The van der Waals surface area contributed by atoms with Crippen molar-refractivity contribution in [2.24, 2.45) is 5.92 Å². The Morgan fingerprint density at radius 1 is 1.45 bits per heavy atom. The van der Waals surface area contributed by atoms with Gasteiger partial charge >= 0.3 is 0 Å². The molecule has 1 N–H and O–H groups in total. The Morgan fingerprint density at radius 3 is 3.00 bits per heavy atom. The van der Waals surface area contributed by atoms with Gasteiger partial charge < -0.3 is 9.84 Å². The molecule has 7 heteroatoms. The molecule has 0 spiro atoms. The second-order valence-electron chi connectivity index (χ2n) is 6.21. The first kappa shape index (κ1) is 15.4. The Labute approximate surface area is 128 Å². The smallest absolute Gasteiger partial charge is 0.255 e. The monoisotopic (exact) mass is 313 g/mol. The molecule has 1 atom stereocenters. The van der Waals surface area contributed by atoms with Crippen LogP contribution in [0, 0.1) is 5.92 Å². The van der Waals surface area contributed by atoms with Crippen molar-refractivity contribution in [3.8, 4) is 0 Å². The maximum absolute atomic E-state index is 12.2. The van der Waals surface area contributed by atoms with Crippen molar-refractivity contribution in [1.82, 2.24) is 15.4 Å². The zero-order chi connectivity index (χ0) is 15.5. The lowest BCUT2D eigenvalue weighted by atomic mass is 9.97. The van der Waals surface area contributed by atoms with Crippen LogP contribution in [-0.4, -0.2) is 42.0 Å². The van der Waals surface area contributed by atoms with Gasteiger partial charge in [-0.1, -0.05) is 5.16 Å². The molecule has 1 saturated carbocycles. The molecule has 2 heterocycles. The zero-order valence-electron chi connectivity index (χ0n) is 12.4. The number of alkyl halides is 2. The molecule has 1 saturated heterocycles. The number of nitrogens with one attached hydrogen (secondary N) is 1. The maximum Gasteiger partial charge on any atom is 0.255 e. The van der Waals surface area contributed by atoms with E-state index in [-0.39, 0.29) is 11.8 Å². The third-order valence-electron chi connectivity index (χ3n) is 4.25. The first-order valence-corrected chi connectivity index (χ1v) is 7.85. The van der Waals surface area contributed by atoms with E-state index in [1.807, 2.05) is 6.07 Å². The highest BCUT2D eigenvalue weighted by Gasteiger charge is 2.29. The van der Waals surface area contributed by atoms with Crippen LogP contribution in [0.3, 0.4) is 0 Å². The molecule has 1 unspecified atom stereocenters. The molecule has 2 aliphatic rings. The maximum atomic E-state index is 12.2. The third kappa shape index (κ3) is 4.03. The van der Waals surface area contributed by atoms with E-state index in [9.17, 15) is 13.6 Å². The Morgan fingerprint density at radius 2 is 2.27 bits per heavy atom.